The average Bonchev–Trinajstić information content (AvgIpc) is 2.67. The van der Waals surface area contributed by atoms with E-state index in [-0.39, 0.29) is 11.7 Å². The number of piperazine rings is 1. The number of hydrogen-bond acceptors (Lipinski definition) is 2. The van der Waals surface area contributed by atoms with E-state index in [1.54, 1.807) is 19.2 Å². The molecule has 1 saturated heterocycles. The fraction of sp³-hybridized carbons (Fsp3) is 0.409. The van der Waals surface area contributed by atoms with Crippen LogP contribution in [-0.2, 0) is 11.3 Å². The maximum atomic E-state index is 13.6. The van der Waals surface area contributed by atoms with Crippen LogP contribution in [0.3, 0.4) is 0 Å². The second kappa shape index (κ2) is 9.17. The second-order valence-corrected chi connectivity index (χ2v) is 7.62. The van der Waals surface area contributed by atoms with E-state index >= 15 is 0 Å². The number of carbonyl (C=O) groups excluding carboxylic acids is 1. The Morgan fingerprint density at radius 3 is 2.36 bits per heavy atom. The summed E-state index contributed by atoms with van der Waals surface area (Å²) in [6.45, 7) is 8.99. The molecule has 0 aliphatic carbocycles. The van der Waals surface area contributed by atoms with E-state index in [2.05, 4.69) is 5.32 Å². The minimum absolute atomic E-state index is 0.0580. The summed E-state index contributed by atoms with van der Waals surface area (Å²) < 4.78 is 18.9. The fourth-order valence-electron chi connectivity index (χ4n) is 3.89. The third-order valence-electron chi connectivity index (χ3n) is 5.50. The van der Waals surface area contributed by atoms with Crippen LogP contribution in [0.1, 0.15) is 16.7 Å². The Morgan fingerprint density at radius 2 is 1.71 bits per heavy atom. The predicted octanol–water partition coefficient (Wildman–Crippen LogP) is 0.373. The molecule has 0 saturated carbocycles. The third kappa shape index (κ3) is 5.09. The number of halogens is 1. The van der Waals surface area contributed by atoms with Gasteiger partial charge in [0.15, 0.2) is 6.54 Å². The molecular formula is C22H30FN3O2+2. The predicted molar refractivity (Wildman–Crippen MR) is 107 cm³/mol. The Kier molecular flexibility index (Phi) is 6.65. The van der Waals surface area contributed by atoms with Gasteiger partial charge in [0, 0.05) is 5.69 Å². The van der Waals surface area contributed by atoms with Crippen molar-refractivity contribution < 1.29 is 23.7 Å². The summed E-state index contributed by atoms with van der Waals surface area (Å²) >= 11 is 0. The number of aryl methyl sites for hydroxylation is 2. The van der Waals surface area contributed by atoms with Crippen molar-refractivity contribution in [3.63, 3.8) is 0 Å². The first-order chi connectivity index (χ1) is 13.5. The number of methoxy groups -OCH3 is 1. The van der Waals surface area contributed by atoms with Crippen molar-refractivity contribution >= 4 is 11.6 Å². The molecular weight excluding hydrogens is 357 g/mol. The molecule has 2 aromatic carbocycles. The van der Waals surface area contributed by atoms with Crippen molar-refractivity contribution in [3.8, 4) is 5.75 Å². The Balaban J connectivity index is 1.50. The second-order valence-electron chi connectivity index (χ2n) is 7.62. The Morgan fingerprint density at radius 1 is 1.07 bits per heavy atom. The van der Waals surface area contributed by atoms with Gasteiger partial charge in [-0.25, -0.2) is 4.39 Å². The van der Waals surface area contributed by atoms with Crippen LogP contribution in [0.2, 0.25) is 0 Å². The van der Waals surface area contributed by atoms with E-state index in [9.17, 15) is 9.18 Å². The zero-order valence-corrected chi connectivity index (χ0v) is 16.9. The van der Waals surface area contributed by atoms with Crippen molar-refractivity contribution in [2.24, 2.45) is 0 Å². The first kappa shape index (κ1) is 20.3. The highest BCUT2D eigenvalue weighted by atomic mass is 19.1. The number of benzene rings is 2. The largest absolute Gasteiger partial charge is 0.496 e. The molecule has 0 bridgehead atoms. The number of para-hydroxylation sites is 1. The Hall–Kier alpha value is -2.44. The number of carbonyl (C=O) groups is 1. The van der Waals surface area contributed by atoms with Crippen LogP contribution >= 0.6 is 0 Å². The van der Waals surface area contributed by atoms with E-state index in [1.165, 1.54) is 15.9 Å². The number of amides is 1. The highest BCUT2D eigenvalue weighted by molar-refractivity contribution is 5.93. The van der Waals surface area contributed by atoms with Gasteiger partial charge in [-0.05, 0) is 43.2 Å². The van der Waals surface area contributed by atoms with E-state index in [4.69, 9.17) is 4.74 Å². The first-order valence-corrected chi connectivity index (χ1v) is 9.82. The third-order valence-corrected chi connectivity index (χ3v) is 5.50. The molecule has 150 valence electrons. The normalized spacial score (nSPS) is 19.3. The summed E-state index contributed by atoms with van der Waals surface area (Å²) in [6, 6.07) is 10.7. The minimum Gasteiger partial charge on any atom is -0.496 e. The molecule has 0 atom stereocenters. The molecule has 5 nitrogen and oxygen atoms in total. The lowest BCUT2D eigenvalue weighted by Crippen LogP contribution is -3.28. The molecule has 28 heavy (non-hydrogen) atoms. The molecule has 1 amide bonds. The lowest BCUT2D eigenvalue weighted by atomic mass is 10.1. The molecule has 0 spiro atoms. The molecule has 1 fully saturated rings. The van der Waals surface area contributed by atoms with Crippen LogP contribution in [0.5, 0.6) is 5.75 Å². The van der Waals surface area contributed by atoms with Crippen molar-refractivity contribution in [3.05, 3.63) is 58.9 Å². The summed E-state index contributed by atoms with van der Waals surface area (Å²) in [7, 11) is 1.61. The lowest BCUT2D eigenvalue weighted by Gasteiger charge is -2.29. The average molecular weight is 387 g/mol. The summed E-state index contributed by atoms with van der Waals surface area (Å²) in [6.07, 6.45) is 0. The molecule has 0 aromatic heterocycles. The highest BCUT2D eigenvalue weighted by Crippen LogP contribution is 2.19. The zero-order valence-electron chi connectivity index (χ0n) is 16.9. The van der Waals surface area contributed by atoms with Gasteiger partial charge in [-0.3, -0.25) is 4.79 Å². The van der Waals surface area contributed by atoms with Gasteiger partial charge in [0.1, 0.15) is 44.3 Å². The van der Waals surface area contributed by atoms with Gasteiger partial charge in [0.25, 0.3) is 5.91 Å². The van der Waals surface area contributed by atoms with Gasteiger partial charge in [0.2, 0.25) is 0 Å². The van der Waals surface area contributed by atoms with Crippen LogP contribution in [0.15, 0.2) is 36.4 Å². The molecule has 1 aliphatic heterocycles. The summed E-state index contributed by atoms with van der Waals surface area (Å²) in [5, 5.41) is 3.07. The number of rotatable bonds is 6. The number of hydrogen-bond donors (Lipinski definition) is 3. The quantitative estimate of drug-likeness (QED) is 0.671. The standard InChI is InChI=1S/C22H28FN3O2/c1-16-5-4-6-17(2)22(16)24-21(27)15-26-11-9-25(10-12-26)14-18-13-19(23)7-8-20(18)28-3/h4-8,13H,9-12,14-15H2,1-3H3,(H,24,27)/p+2. The van der Waals surface area contributed by atoms with Crippen molar-refractivity contribution in [1.29, 1.82) is 0 Å². The van der Waals surface area contributed by atoms with E-state index in [0.29, 0.717) is 6.54 Å². The molecule has 0 radical (unpaired) electrons. The zero-order chi connectivity index (χ0) is 20.1. The van der Waals surface area contributed by atoms with Crippen molar-refractivity contribution in [2.75, 3.05) is 45.2 Å². The van der Waals surface area contributed by atoms with Gasteiger partial charge in [-0.2, -0.15) is 0 Å². The molecule has 1 heterocycles. The summed E-state index contributed by atoms with van der Waals surface area (Å²) in [4.78, 5) is 15.2. The molecule has 1 aliphatic rings. The van der Waals surface area contributed by atoms with E-state index < -0.39 is 0 Å². The number of quaternary nitrogens is 2. The van der Waals surface area contributed by atoms with Crippen LogP contribution < -0.4 is 19.9 Å². The van der Waals surface area contributed by atoms with Crippen molar-refractivity contribution in [1.82, 2.24) is 0 Å². The number of anilines is 1. The van der Waals surface area contributed by atoms with Crippen LogP contribution in [0.4, 0.5) is 10.1 Å². The summed E-state index contributed by atoms with van der Waals surface area (Å²) in [5.41, 5.74) is 3.99. The smallest absolute Gasteiger partial charge is 0.279 e. The fourth-order valence-corrected chi connectivity index (χ4v) is 3.89. The van der Waals surface area contributed by atoms with Crippen LogP contribution in [-0.4, -0.2) is 45.7 Å². The maximum absolute atomic E-state index is 13.6. The number of nitrogens with one attached hydrogen (secondary N) is 3. The maximum Gasteiger partial charge on any atom is 0.279 e. The van der Waals surface area contributed by atoms with Crippen molar-refractivity contribution in [2.45, 2.75) is 20.4 Å². The van der Waals surface area contributed by atoms with Gasteiger partial charge in [-0.15, -0.1) is 0 Å². The monoisotopic (exact) mass is 387 g/mol. The van der Waals surface area contributed by atoms with Crippen LogP contribution in [0, 0.1) is 19.7 Å². The Labute approximate surface area is 166 Å². The molecule has 3 N–H and O–H groups in total. The minimum atomic E-state index is -0.234. The van der Waals surface area contributed by atoms with Gasteiger partial charge < -0.3 is 19.9 Å². The Bertz CT molecular complexity index is 812. The van der Waals surface area contributed by atoms with Gasteiger partial charge in [0.05, 0.1) is 12.7 Å². The van der Waals surface area contributed by atoms with E-state index in [1.807, 2.05) is 32.0 Å². The van der Waals surface area contributed by atoms with E-state index in [0.717, 1.165) is 60.9 Å². The first-order valence-electron chi connectivity index (χ1n) is 9.82. The highest BCUT2D eigenvalue weighted by Gasteiger charge is 2.26. The molecule has 0 unspecified atom stereocenters. The van der Waals surface area contributed by atoms with Crippen LogP contribution in [0.25, 0.3) is 0 Å². The number of ether oxygens (including phenoxy) is 1. The topological polar surface area (TPSA) is 47.2 Å². The SMILES string of the molecule is COc1ccc(F)cc1C[NH+]1CC[NH+](CC(=O)Nc2c(C)cccc2C)CC1. The molecule has 2 aromatic rings. The summed E-state index contributed by atoms with van der Waals surface area (Å²) in [5.74, 6) is 0.557. The molecule has 3 rings (SSSR count). The lowest BCUT2D eigenvalue weighted by molar-refractivity contribution is -1.02. The van der Waals surface area contributed by atoms with Gasteiger partial charge >= 0.3 is 0 Å². The molecule has 6 heteroatoms. The van der Waals surface area contributed by atoms with Gasteiger partial charge in [-0.1, -0.05) is 18.2 Å².